The van der Waals surface area contributed by atoms with Crippen molar-refractivity contribution in [2.45, 2.75) is 26.3 Å². The van der Waals surface area contributed by atoms with Gasteiger partial charge in [0.25, 0.3) is 0 Å². The van der Waals surface area contributed by atoms with E-state index in [0.717, 1.165) is 16.9 Å². The van der Waals surface area contributed by atoms with Crippen molar-refractivity contribution in [2.75, 3.05) is 6.61 Å². The Balaban J connectivity index is 2.72. The van der Waals surface area contributed by atoms with Crippen LogP contribution in [0, 0.1) is 13.8 Å². The molecule has 88 valence electrons. The Morgan fingerprint density at radius 2 is 2.06 bits per heavy atom. The van der Waals surface area contributed by atoms with Crippen molar-refractivity contribution in [2.24, 2.45) is 11.5 Å². The first-order valence-electron chi connectivity index (χ1n) is 5.12. The lowest BCUT2D eigenvalue weighted by Gasteiger charge is -2.21. The third-order valence-corrected chi connectivity index (χ3v) is 2.42. The molecule has 0 radical (unpaired) electrons. The van der Waals surface area contributed by atoms with Crippen LogP contribution >= 0.6 is 0 Å². The molecule has 0 aliphatic rings. The van der Waals surface area contributed by atoms with Crippen LogP contribution in [0.15, 0.2) is 18.2 Å². The smallest absolute Gasteiger partial charge is 0.240 e. The summed E-state index contributed by atoms with van der Waals surface area (Å²) in [7, 11) is 0. The molecule has 0 saturated carbocycles. The monoisotopic (exact) mass is 222 g/mol. The van der Waals surface area contributed by atoms with E-state index in [1.165, 1.54) is 0 Å². The first-order valence-corrected chi connectivity index (χ1v) is 5.12. The molecular formula is C12H18N2O2. The van der Waals surface area contributed by atoms with Gasteiger partial charge >= 0.3 is 0 Å². The highest BCUT2D eigenvalue weighted by molar-refractivity contribution is 5.84. The van der Waals surface area contributed by atoms with E-state index in [4.69, 9.17) is 16.2 Å². The van der Waals surface area contributed by atoms with E-state index in [1.807, 2.05) is 32.0 Å². The van der Waals surface area contributed by atoms with Gasteiger partial charge in [-0.15, -0.1) is 0 Å². The predicted molar refractivity (Wildman–Crippen MR) is 63.2 cm³/mol. The van der Waals surface area contributed by atoms with E-state index in [-0.39, 0.29) is 6.61 Å². The second kappa shape index (κ2) is 4.53. The van der Waals surface area contributed by atoms with Gasteiger partial charge in [-0.1, -0.05) is 17.7 Å². The van der Waals surface area contributed by atoms with Gasteiger partial charge in [0.05, 0.1) is 0 Å². The molecule has 1 amide bonds. The van der Waals surface area contributed by atoms with Gasteiger partial charge in [0.15, 0.2) is 0 Å². The number of nitrogens with two attached hydrogens (primary N) is 2. The zero-order valence-corrected chi connectivity index (χ0v) is 9.91. The van der Waals surface area contributed by atoms with E-state index < -0.39 is 11.4 Å². The van der Waals surface area contributed by atoms with Gasteiger partial charge in [-0.3, -0.25) is 4.79 Å². The zero-order chi connectivity index (χ0) is 12.3. The maximum atomic E-state index is 11.0. The topological polar surface area (TPSA) is 78.3 Å². The van der Waals surface area contributed by atoms with E-state index in [0.29, 0.717) is 0 Å². The first-order chi connectivity index (χ1) is 7.33. The van der Waals surface area contributed by atoms with Gasteiger partial charge in [-0.2, -0.15) is 0 Å². The molecule has 0 aliphatic carbocycles. The van der Waals surface area contributed by atoms with Gasteiger partial charge in [0, 0.05) is 0 Å². The second-order valence-electron chi connectivity index (χ2n) is 4.34. The number of hydrogen-bond acceptors (Lipinski definition) is 3. The van der Waals surface area contributed by atoms with Gasteiger partial charge in [-0.05, 0) is 32.4 Å². The molecule has 0 spiro atoms. The summed E-state index contributed by atoms with van der Waals surface area (Å²) in [6, 6.07) is 5.82. The Bertz CT molecular complexity index is 400. The number of carbonyl (C=O) groups excluding carboxylic acids is 1. The molecule has 4 heteroatoms. The quantitative estimate of drug-likeness (QED) is 0.794. The number of rotatable bonds is 4. The molecule has 0 heterocycles. The zero-order valence-electron chi connectivity index (χ0n) is 9.91. The van der Waals surface area contributed by atoms with E-state index in [1.54, 1.807) is 6.92 Å². The van der Waals surface area contributed by atoms with Gasteiger partial charge < -0.3 is 16.2 Å². The molecule has 4 nitrogen and oxygen atoms in total. The van der Waals surface area contributed by atoms with Crippen LogP contribution in [0.5, 0.6) is 5.75 Å². The minimum Gasteiger partial charge on any atom is -0.491 e. The largest absolute Gasteiger partial charge is 0.491 e. The second-order valence-corrected chi connectivity index (χ2v) is 4.34. The summed E-state index contributed by atoms with van der Waals surface area (Å²) in [4.78, 5) is 11.0. The van der Waals surface area contributed by atoms with Crippen LogP contribution in [0.4, 0.5) is 0 Å². The average Bonchev–Trinajstić information content (AvgIpc) is 2.16. The molecule has 0 saturated heterocycles. The fourth-order valence-electron chi connectivity index (χ4n) is 1.26. The molecule has 0 aliphatic heterocycles. The normalized spacial score (nSPS) is 14.2. The Labute approximate surface area is 95.6 Å². The number of amides is 1. The van der Waals surface area contributed by atoms with Crippen molar-refractivity contribution < 1.29 is 9.53 Å². The van der Waals surface area contributed by atoms with Gasteiger partial charge in [-0.25, -0.2) is 0 Å². The van der Waals surface area contributed by atoms with Crippen molar-refractivity contribution in [3.63, 3.8) is 0 Å². The van der Waals surface area contributed by atoms with Gasteiger partial charge in [0.1, 0.15) is 17.9 Å². The molecule has 16 heavy (non-hydrogen) atoms. The molecule has 1 atom stereocenters. The summed E-state index contributed by atoms with van der Waals surface area (Å²) in [6.45, 7) is 5.58. The summed E-state index contributed by atoms with van der Waals surface area (Å²) >= 11 is 0. The fraction of sp³-hybridized carbons (Fsp3) is 0.417. The van der Waals surface area contributed by atoms with Crippen molar-refractivity contribution >= 4 is 5.91 Å². The molecule has 0 fully saturated rings. The Hall–Kier alpha value is -1.55. The summed E-state index contributed by atoms with van der Waals surface area (Å²) < 4.78 is 5.49. The number of primary amides is 1. The fourth-order valence-corrected chi connectivity index (χ4v) is 1.26. The summed E-state index contributed by atoms with van der Waals surface area (Å²) in [6.07, 6.45) is 0. The SMILES string of the molecule is Cc1ccc(OCC(C)(N)C(N)=O)c(C)c1. The highest BCUT2D eigenvalue weighted by atomic mass is 16.5. The van der Waals surface area contributed by atoms with Crippen LogP contribution in [-0.4, -0.2) is 18.1 Å². The molecule has 1 rings (SSSR count). The predicted octanol–water partition coefficient (Wildman–Crippen LogP) is 0.885. The number of hydrogen-bond donors (Lipinski definition) is 2. The third kappa shape index (κ3) is 2.97. The Morgan fingerprint density at radius 1 is 1.44 bits per heavy atom. The van der Waals surface area contributed by atoms with E-state index in [9.17, 15) is 4.79 Å². The molecule has 1 aromatic rings. The first kappa shape index (κ1) is 12.5. The Morgan fingerprint density at radius 3 is 2.56 bits per heavy atom. The van der Waals surface area contributed by atoms with Crippen molar-refractivity contribution in [3.05, 3.63) is 29.3 Å². The Kier molecular flexibility index (Phi) is 3.55. The maximum absolute atomic E-state index is 11.0. The van der Waals surface area contributed by atoms with Gasteiger partial charge in [0.2, 0.25) is 5.91 Å². The third-order valence-electron chi connectivity index (χ3n) is 2.42. The molecule has 1 aromatic carbocycles. The number of benzene rings is 1. The number of ether oxygens (including phenoxy) is 1. The number of aryl methyl sites for hydroxylation is 2. The van der Waals surface area contributed by atoms with Crippen LogP contribution in [0.2, 0.25) is 0 Å². The van der Waals surface area contributed by atoms with Crippen LogP contribution in [-0.2, 0) is 4.79 Å². The summed E-state index contributed by atoms with van der Waals surface area (Å²) in [5.41, 5.74) is 11.9. The van der Waals surface area contributed by atoms with E-state index >= 15 is 0 Å². The standard InChI is InChI=1S/C12H18N2O2/c1-8-4-5-10(9(2)6-8)16-7-12(3,14)11(13)15/h4-6H,7,14H2,1-3H3,(H2,13,15). The minimum absolute atomic E-state index is 0.0756. The highest BCUT2D eigenvalue weighted by Crippen LogP contribution is 2.19. The average molecular weight is 222 g/mol. The van der Waals surface area contributed by atoms with Crippen molar-refractivity contribution in [3.8, 4) is 5.75 Å². The molecule has 0 bridgehead atoms. The van der Waals surface area contributed by atoms with Crippen LogP contribution in [0.1, 0.15) is 18.1 Å². The lowest BCUT2D eigenvalue weighted by Crippen LogP contribution is -2.53. The molecule has 4 N–H and O–H groups in total. The molecule has 1 unspecified atom stereocenters. The van der Waals surface area contributed by atoms with Crippen molar-refractivity contribution in [1.29, 1.82) is 0 Å². The van der Waals surface area contributed by atoms with Crippen LogP contribution < -0.4 is 16.2 Å². The minimum atomic E-state index is -1.14. The highest BCUT2D eigenvalue weighted by Gasteiger charge is 2.26. The maximum Gasteiger partial charge on any atom is 0.240 e. The number of carbonyl (C=O) groups is 1. The van der Waals surface area contributed by atoms with Crippen molar-refractivity contribution in [1.82, 2.24) is 0 Å². The molecule has 0 aromatic heterocycles. The van der Waals surface area contributed by atoms with Crippen LogP contribution in [0.3, 0.4) is 0 Å². The molecular weight excluding hydrogens is 204 g/mol. The lowest BCUT2D eigenvalue weighted by atomic mass is 10.1. The summed E-state index contributed by atoms with van der Waals surface area (Å²) in [5, 5.41) is 0. The lowest BCUT2D eigenvalue weighted by molar-refractivity contribution is -0.123. The van der Waals surface area contributed by atoms with E-state index in [2.05, 4.69) is 0 Å². The summed E-state index contributed by atoms with van der Waals surface area (Å²) in [5.74, 6) is 0.154. The van der Waals surface area contributed by atoms with Crippen LogP contribution in [0.25, 0.3) is 0 Å².